The average molecular weight is 309 g/mol. The van der Waals surface area contributed by atoms with Crippen LogP contribution in [0.4, 0.5) is 0 Å². The Kier molecular flexibility index (Phi) is 6.59. The van der Waals surface area contributed by atoms with E-state index in [1.165, 1.54) is 0 Å². The highest BCUT2D eigenvalue weighted by atomic mass is 16.4. The molecule has 0 spiro atoms. The topological polar surface area (TPSA) is 84.2 Å². The molecule has 0 saturated carbocycles. The minimum Gasteiger partial charge on any atom is -0.481 e. The van der Waals surface area contributed by atoms with Gasteiger partial charge in [0, 0.05) is 25.2 Å². The van der Waals surface area contributed by atoms with Crippen LogP contribution in [0, 0.1) is 25.7 Å². The smallest absolute Gasteiger partial charge is 0.308 e. The van der Waals surface area contributed by atoms with E-state index in [1.54, 1.807) is 0 Å². The van der Waals surface area contributed by atoms with Crippen LogP contribution >= 0.6 is 0 Å². The normalized spacial score (nSPS) is 13.7. The summed E-state index contributed by atoms with van der Waals surface area (Å²) in [4.78, 5) is 23.3. The van der Waals surface area contributed by atoms with Crippen molar-refractivity contribution in [1.29, 1.82) is 0 Å². The molecule has 1 amide bonds. The first-order valence-electron chi connectivity index (χ1n) is 7.77. The van der Waals surface area contributed by atoms with Crippen LogP contribution in [-0.2, 0) is 23.1 Å². The summed E-state index contributed by atoms with van der Waals surface area (Å²) in [5.41, 5.74) is 3.09. The van der Waals surface area contributed by atoms with E-state index in [1.807, 2.05) is 39.4 Å². The zero-order chi connectivity index (χ0) is 16.9. The monoisotopic (exact) mass is 309 g/mol. The lowest BCUT2D eigenvalue weighted by Crippen LogP contribution is -2.36. The maximum atomic E-state index is 12.2. The van der Waals surface area contributed by atoms with E-state index in [4.69, 9.17) is 5.11 Å². The number of nitrogens with zero attached hydrogens (tertiary/aromatic N) is 2. The Morgan fingerprint density at radius 1 is 1.36 bits per heavy atom. The van der Waals surface area contributed by atoms with E-state index in [0.29, 0.717) is 12.8 Å². The summed E-state index contributed by atoms with van der Waals surface area (Å²) in [6.45, 7) is 7.92. The van der Waals surface area contributed by atoms with Gasteiger partial charge in [0.25, 0.3) is 0 Å². The van der Waals surface area contributed by atoms with E-state index < -0.39 is 11.9 Å². The van der Waals surface area contributed by atoms with Crippen molar-refractivity contribution >= 4 is 11.9 Å². The lowest BCUT2D eigenvalue weighted by molar-refractivity contribution is -0.142. The molecule has 1 heterocycles. The van der Waals surface area contributed by atoms with Gasteiger partial charge in [-0.15, -0.1) is 0 Å². The van der Waals surface area contributed by atoms with Gasteiger partial charge in [0.05, 0.1) is 11.6 Å². The SMILES string of the molecule is CCCC(CNC(=O)C(C)Cc1c(C)nn(C)c1C)C(=O)O. The largest absolute Gasteiger partial charge is 0.481 e. The van der Waals surface area contributed by atoms with Gasteiger partial charge in [0.15, 0.2) is 0 Å². The molecule has 0 fully saturated rings. The van der Waals surface area contributed by atoms with Crippen molar-refractivity contribution in [3.8, 4) is 0 Å². The number of aliphatic carboxylic acids is 1. The maximum Gasteiger partial charge on any atom is 0.308 e. The van der Waals surface area contributed by atoms with Gasteiger partial charge in [-0.25, -0.2) is 0 Å². The number of aryl methyl sites for hydroxylation is 2. The number of hydrogen-bond donors (Lipinski definition) is 2. The molecule has 2 N–H and O–H groups in total. The number of carboxylic acid groups (broad SMARTS) is 1. The predicted molar refractivity (Wildman–Crippen MR) is 84.6 cm³/mol. The quantitative estimate of drug-likeness (QED) is 0.767. The fraction of sp³-hybridized carbons (Fsp3) is 0.688. The summed E-state index contributed by atoms with van der Waals surface area (Å²) in [6, 6.07) is 0. The molecule has 0 aliphatic carbocycles. The Morgan fingerprint density at radius 3 is 2.45 bits per heavy atom. The number of carbonyl (C=O) groups excluding carboxylic acids is 1. The number of carboxylic acids is 1. The van der Waals surface area contributed by atoms with Crippen molar-refractivity contribution in [3.05, 3.63) is 17.0 Å². The summed E-state index contributed by atoms with van der Waals surface area (Å²) in [5.74, 6) is -1.68. The van der Waals surface area contributed by atoms with Gasteiger partial charge in [0.1, 0.15) is 0 Å². The molecule has 2 atom stereocenters. The van der Waals surface area contributed by atoms with Crippen LogP contribution in [0.2, 0.25) is 0 Å². The molecule has 1 rings (SSSR count). The number of amides is 1. The molecule has 0 saturated heterocycles. The summed E-state index contributed by atoms with van der Waals surface area (Å²) < 4.78 is 1.82. The van der Waals surface area contributed by atoms with Crippen molar-refractivity contribution in [2.45, 2.75) is 47.0 Å². The Morgan fingerprint density at radius 2 is 2.00 bits per heavy atom. The first kappa shape index (κ1) is 18.2. The molecule has 6 heteroatoms. The van der Waals surface area contributed by atoms with Crippen molar-refractivity contribution in [2.24, 2.45) is 18.9 Å². The van der Waals surface area contributed by atoms with Gasteiger partial charge >= 0.3 is 5.97 Å². The summed E-state index contributed by atoms with van der Waals surface area (Å²) in [5, 5.41) is 16.2. The van der Waals surface area contributed by atoms with Gasteiger partial charge in [-0.2, -0.15) is 5.10 Å². The maximum absolute atomic E-state index is 12.2. The molecule has 124 valence electrons. The Balaban J connectivity index is 2.60. The summed E-state index contributed by atoms with van der Waals surface area (Å²) >= 11 is 0. The lowest BCUT2D eigenvalue weighted by atomic mass is 9.98. The van der Waals surface area contributed by atoms with E-state index >= 15 is 0 Å². The molecular weight excluding hydrogens is 282 g/mol. The van der Waals surface area contributed by atoms with Gasteiger partial charge in [-0.05, 0) is 32.3 Å². The first-order chi connectivity index (χ1) is 10.3. The molecular formula is C16H27N3O3. The second-order valence-corrected chi connectivity index (χ2v) is 5.95. The summed E-state index contributed by atoms with van der Waals surface area (Å²) in [6.07, 6.45) is 1.98. The second-order valence-electron chi connectivity index (χ2n) is 5.95. The third-order valence-corrected chi connectivity index (χ3v) is 4.13. The standard InChI is InChI=1S/C16H27N3O3/c1-6-7-13(16(21)22)9-17-15(20)10(2)8-14-11(3)18-19(5)12(14)4/h10,13H,6-9H2,1-5H3,(H,17,20)(H,21,22). The molecule has 6 nitrogen and oxygen atoms in total. The van der Waals surface area contributed by atoms with Crippen LogP contribution in [0.25, 0.3) is 0 Å². The molecule has 0 aliphatic heterocycles. The number of hydrogen-bond acceptors (Lipinski definition) is 3. The van der Waals surface area contributed by atoms with E-state index in [-0.39, 0.29) is 18.4 Å². The molecule has 0 radical (unpaired) electrons. The minimum absolute atomic E-state index is 0.106. The van der Waals surface area contributed by atoms with Crippen LogP contribution < -0.4 is 5.32 Å². The molecule has 0 aliphatic rings. The first-order valence-corrected chi connectivity index (χ1v) is 7.77. The fourth-order valence-corrected chi connectivity index (χ4v) is 2.57. The van der Waals surface area contributed by atoms with Gasteiger partial charge in [-0.1, -0.05) is 20.3 Å². The van der Waals surface area contributed by atoms with Gasteiger partial charge in [-0.3, -0.25) is 14.3 Å². The molecule has 2 unspecified atom stereocenters. The highest BCUT2D eigenvalue weighted by molar-refractivity contribution is 5.79. The van der Waals surface area contributed by atoms with Crippen LogP contribution in [0.3, 0.4) is 0 Å². The zero-order valence-electron chi connectivity index (χ0n) is 14.1. The van der Waals surface area contributed by atoms with Crippen LogP contribution in [-0.4, -0.2) is 33.3 Å². The van der Waals surface area contributed by atoms with Crippen molar-refractivity contribution < 1.29 is 14.7 Å². The predicted octanol–water partition coefficient (Wildman–Crippen LogP) is 1.83. The van der Waals surface area contributed by atoms with Crippen molar-refractivity contribution in [2.75, 3.05) is 6.54 Å². The second kappa shape index (κ2) is 7.96. The third kappa shape index (κ3) is 4.58. The van der Waals surface area contributed by atoms with Gasteiger partial charge in [0.2, 0.25) is 5.91 Å². The number of rotatable bonds is 8. The van der Waals surface area contributed by atoms with Crippen molar-refractivity contribution in [1.82, 2.24) is 15.1 Å². The molecule has 1 aromatic rings. The number of aromatic nitrogens is 2. The average Bonchev–Trinajstić information content (AvgIpc) is 2.69. The van der Waals surface area contributed by atoms with Crippen LogP contribution in [0.5, 0.6) is 0 Å². The minimum atomic E-state index is -0.853. The zero-order valence-corrected chi connectivity index (χ0v) is 14.1. The highest BCUT2D eigenvalue weighted by Gasteiger charge is 2.21. The molecule has 22 heavy (non-hydrogen) atoms. The summed E-state index contributed by atoms with van der Waals surface area (Å²) in [7, 11) is 1.89. The fourth-order valence-electron chi connectivity index (χ4n) is 2.57. The van der Waals surface area contributed by atoms with E-state index in [2.05, 4.69) is 10.4 Å². The highest BCUT2D eigenvalue weighted by Crippen LogP contribution is 2.17. The lowest BCUT2D eigenvalue weighted by Gasteiger charge is -2.16. The molecule has 1 aromatic heterocycles. The van der Waals surface area contributed by atoms with Crippen molar-refractivity contribution in [3.63, 3.8) is 0 Å². The van der Waals surface area contributed by atoms with E-state index in [9.17, 15) is 9.59 Å². The third-order valence-electron chi connectivity index (χ3n) is 4.13. The van der Waals surface area contributed by atoms with Gasteiger partial charge < -0.3 is 10.4 Å². The Hall–Kier alpha value is -1.85. The molecule has 0 bridgehead atoms. The molecule has 0 aromatic carbocycles. The van der Waals surface area contributed by atoms with E-state index in [0.717, 1.165) is 23.4 Å². The van der Waals surface area contributed by atoms with Crippen LogP contribution in [0.15, 0.2) is 0 Å². The number of carbonyl (C=O) groups is 2. The van der Waals surface area contributed by atoms with Crippen LogP contribution in [0.1, 0.15) is 43.6 Å². The Labute approximate surface area is 131 Å². The number of nitrogens with one attached hydrogen (secondary N) is 1. The Bertz CT molecular complexity index is 537.